The molecule has 0 bridgehead atoms. The zero-order valence-electron chi connectivity index (χ0n) is 9.29. The lowest BCUT2D eigenvalue weighted by atomic mass is 10.1. The van der Waals surface area contributed by atoms with Crippen molar-refractivity contribution in [1.82, 2.24) is 5.32 Å². The summed E-state index contributed by atoms with van der Waals surface area (Å²) in [4.78, 5) is 0. The summed E-state index contributed by atoms with van der Waals surface area (Å²) in [7, 11) is 0. The molecule has 86 valence electrons. The van der Waals surface area contributed by atoms with E-state index >= 15 is 0 Å². The fraction of sp³-hybridized carbons (Fsp3) is 0.333. The van der Waals surface area contributed by atoms with Crippen molar-refractivity contribution in [1.29, 1.82) is 0 Å². The number of thiophene rings is 1. The molecule has 2 nitrogen and oxygen atoms in total. The summed E-state index contributed by atoms with van der Waals surface area (Å²) in [6.07, 6.45) is 0. The van der Waals surface area contributed by atoms with Gasteiger partial charge in [0.2, 0.25) is 0 Å². The van der Waals surface area contributed by atoms with Crippen molar-refractivity contribution >= 4 is 27.3 Å². The van der Waals surface area contributed by atoms with Crippen LogP contribution in [0.1, 0.15) is 30.0 Å². The van der Waals surface area contributed by atoms with Gasteiger partial charge in [-0.15, -0.1) is 0 Å². The van der Waals surface area contributed by atoms with E-state index < -0.39 is 0 Å². The molecule has 1 unspecified atom stereocenters. The molecule has 0 spiro atoms. The molecule has 0 aliphatic heterocycles. The van der Waals surface area contributed by atoms with Crippen LogP contribution in [0.15, 0.2) is 31.8 Å². The Morgan fingerprint density at radius 3 is 2.75 bits per heavy atom. The van der Waals surface area contributed by atoms with E-state index in [1.165, 1.54) is 5.56 Å². The van der Waals surface area contributed by atoms with E-state index in [-0.39, 0.29) is 6.04 Å². The minimum absolute atomic E-state index is 0.138. The second-order valence-corrected chi connectivity index (χ2v) is 5.21. The van der Waals surface area contributed by atoms with Gasteiger partial charge < -0.3 is 9.73 Å². The van der Waals surface area contributed by atoms with Crippen molar-refractivity contribution in [3.63, 3.8) is 0 Å². The maximum absolute atomic E-state index is 5.70. The molecule has 2 aromatic heterocycles. The second kappa shape index (κ2) is 5.17. The Balaban J connectivity index is 2.34. The van der Waals surface area contributed by atoms with Gasteiger partial charge >= 0.3 is 0 Å². The SMILES string of the molecule is CCNC(c1ccc(C)o1)c1cscc1Br. The molecule has 0 saturated heterocycles. The fourth-order valence-electron chi connectivity index (χ4n) is 1.67. The third-order valence-electron chi connectivity index (χ3n) is 2.41. The van der Waals surface area contributed by atoms with E-state index in [1.54, 1.807) is 11.3 Å². The van der Waals surface area contributed by atoms with Gasteiger partial charge in [0, 0.05) is 15.4 Å². The van der Waals surface area contributed by atoms with Gasteiger partial charge in [0.15, 0.2) is 0 Å². The van der Waals surface area contributed by atoms with Gasteiger partial charge in [0.1, 0.15) is 11.5 Å². The van der Waals surface area contributed by atoms with E-state index in [0.717, 1.165) is 22.5 Å². The average Bonchev–Trinajstić information content (AvgIpc) is 2.84. The maximum atomic E-state index is 5.70. The monoisotopic (exact) mass is 299 g/mol. The van der Waals surface area contributed by atoms with Crippen LogP contribution in [0.4, 0.5) is 0 Å². The van der Waals surface area contributed by atoms with Crippen LogP contribution in [0.5, 0.6) is 0 Å². The largest absolute Gasteiger partial charge is 0.464 e. The summed E-state index contributed by atoms with van der Waals surface area (Å²) in [6, 6.07) is 4.17. The average molecular weight is 300 g/mol. The summed E-state index contributed by atoms with van der Waals surface area (Å²) in [5.41, 5.74) is 1.24. The summed E-state index contributed by atoms with van der Waals surface area (Å²) < 4.78 is 6.83. The highest BCUT2D eigenvalue weighted by Gasteiger charge is 2.19. The molecule has 1 atom stereocenters. The number of aryl methyl sites for hydroxylation is 1. The van der Waals surface area contributed by atoms with Crippen molar-refractivity contribution in [2.45, 2.75) is 19.9 Å². The third-order valence-corrected chi connectivity index (χ3v) is 4.16. The molecule has 0 aliphatic rings. The highest BCUT2D eigenvalue weighted by Crippen LogP contribution is 2.32. The maximum Gasteiger partial charge on any atom is 0.125 e. The minimum Gasteiger partial charge on any atom is -0.464 e. The van der Waals surface area contributed by atoms with Crippen molar-refractivity contribution in [3.05, 3.63) is 44.4 Å². The lowest BCUT2D eigenvalue weighted by molar-refractivity contribution is 0.435. The van der Waals surface area contributed by atoms with Crippen molar-refractivity contribution in [2.75, 3.05) is 6.54 Å². The van der Waals surface area contributed by atoms with Gasteiger partial charge in [-0.1, -0.05) is 6.92 Å². The molecule has 2 heterocycles. The van der Waals surface area contributed by atoms with Crippen LogP contribution in [-0.4, -0.2) is 6.54 Å². The van der Waals surface area contributed by atoms with Gasteiger partial charge in [0.05, 0.1) is 6.04 Å². The van der Waals surface area contributed by atoms with Gasteiger partial charge in [0.25, 0.3) is 0 Å². The lowest BCUT2D eigenvalue weighted by Gasteiger charge is -2.15. The van der Waals surface area contributed by atoms with Gasteiger partial charge in [-0.05, 0) is 46.9 Å². The first-order valence-corrected chi connectivity index (χ1v) is 6.97. The zero-order chi connectivity index (χ0) is 11.5. The molecule has 0 radical (unpaired) electrons. The summed E-state index contributed by atoms with van der Waals surface area (Å²) in [6.45, 7) is 4.98. The number of hydrogen-bond acceptors (Lipinski definition) is 3. The van der Waals surface area contributed by atoms with Crippen molar-refractivity contribution in [3.8, 4) is 0 Å². The first-order valence-electron chi connectivity index (χ1n) is 5.23. The summed E-state index contributed by atoms with van der Waals surface area (Å²) >= 11 is 5.26. The molecule has 0 saturated carbocycles. The Bertz CT molecular complexity index is 463. The van der Waals surface area contributed by atoms with Crippen molar-refractivity contribution in [2.24, 2.45) is 0 Å². The van der Waals surface area contributed by atoms with Crippen LogP contribution >= 0.6 is 27.3 Å². The Hall–Kier alpha value is -0.580. The molecule has 0 amide bonds. The first-order chi connectivity index (χ1) is 7.72. The van der Waals surface area contributed by atoms with E-state index in [2.05, 4.69) is 38.9 Å². The number of nitrogens with one attached hydrogen (secondary N) is 1. The molecule has 0 fully saturated rings. The lowest BCUT2D eigenvalue weighted by Crippen LogP contribution is -2.21. The quantitative estimate of drug-likeness (QED) is 0.919. The standard InChI is InChI=1S/C12H14BrNOS/c1-3-14-12(9-6-16-7-10(9)13)11-5-4-8(2)15-11/h4-7,12,14H,3H2,1-2H3. The van der Waals surface area contributed by atoms with E-state index in [9.17, 15) is 0 Å². The summed E-state index contributed by atoms with van der Waals surface area (Å²) in [5.74, 6) is 1.92. The molecule has 0 aliphatic carbocycles. The van der Waals surface area contributed by atoms with Crippen LogP contribution < -0.4 is 5.32 Å². The third kappa shape index (κ3) is 2.39. The molecule has 2 aromatic rings. The van der Waals surface area contributed by atoms with E-state index in [0.29, 0.717) is 0 Å². The van der Waals surface area contributed by atoms with Gasteiger partial charge in [-0.25, -0.2) is 0 Å². The van der Waals surface area contributed by atoms with Crippen LogP contribution in [0.25, 0.3) is 0 Å². The molecule has 0 aromatic carbocycles. The minimum atomic E-state index is 0.138. The predicted molar refractivity (Wildman–Crippen MR) is 71.0 cm³/mol. The zero-order valence-corrected chi connectivity index (χ0v) is 11.7. The fourth-order valence-corrected chi connectivity index (χ4v) is 3.23. The van der Waals surface area contributed by atoms with Crippen LogP contribution in [0.2, 0.25) is 0 Å². The smallest absolute Gasteiger partial charge is 0.125 e. The molecule has 4 heteroatoms. The molecular formula is C12H14BrNOS. The molecular weight excluding hydrogens is 286 g/mol. The van der Waals surface area contributed by atoms with Crippen LogP contribution in [0.3, 0.4) is 0 Å². The van der Waals surface area contributed by atoms with Crippen LogP contribution in [0, 0.1) is 6.92 Å². The molecule has 1 N–H and O–H groups in total. The Morgan fingerprint density at radius 1 is 1.44 bits per heavy atom. The second-order valence-electron chi connectivity index (χ2n) is 3.61. The number of rotatable bonds is 4. The van der Waals surface area contributed by atoms with Gasteiger partial charge in [-0.2, -0.15) is 11.3 Å². The van der Waals surface area contributed by atoms with E-state index in [1.807, 2.05) is 19.1 Å². The van der Waals surface area contributed by atoms with E-state index in [4.69, 9.17) is 4.42 Å². The number of furan rings is 1. The highest BCUT2D eigenvalue weighted by molar-refractivity contribution is 9.10. The Kier molecular flexibility index (Phi) is 3.84. The Morgan fingerprint density at radius 2 is 2.25 bits per heavy atom. The highest BCUT2D eigenvalue weighted by atomic mass is 79.9. The molecule has 2 rings (SSSR count). The molecule has 16 heavy (non-hydrogen) atoms. The summed E-state index contributed by atoms with van der Waals surface area (Å²) in [5, 5.41) is 7.68. The predicted octanol–water partition coefficient (Wildman–Crippen LogP) is 4.11. The first kappa shape index (κ1) is 11.9. The Labute approximate surface area is 108 Å². The number of halogens is 1. The topological polar surface area (TPSA) is 25.2 Å². The van der Waals surface area contributed by atoms with Crippen molar-refractivity contribution < 1.29 is 4.42 Å². The normalized spacial score (nSPS) is 12.9. The van der Waals surface area contributed by atoms with Gasteiger partial charge in [-0.3, -0.25) is 0 Å². The number of hydrogen-bond donors (Lipinski definition) is 1. The van der Waals surface area contributed by atoms with Crippen LogP contribution in [-0.2, 0) is 0 Å².